The molecule has 2 N–H and O–H groups in total. The van der Waals surface area contributed by atoms with Crippen molar-refractivity contribution in [2.45, 2.75) is 6.54 Å². The monoisotopic (exact) mass is 213 g/mol. The molecular weight excluding hydrogens is 201 g/mol. The Bertz CT molecular complexity index is 204. The molecule has 72 valence electrons. The summed E-state index contributed by atoms with van der Waals surface area (Å²) in [4.78, 5) is 0. The van der Waals surface area contributed by atoms with Gasteiger partial charge in [0.25, 0.3) is 0 Å². The van der Waals surface area contributed by atoms with E-state index in [-0.39, 0.29) is 24.8 Å². The molecule has 1 aromatic heterocycles. The van der Waals surface area contributed by atoms with Gasteiger partial charge in [-0.1, -0.05) is 0 Å². The minimum atomic E-state index is 0. The summed E-state index contributed by atoms with van der Waals surface area (Å²) in [6.07, 6.45) is 3.47. The van der Waals surface area contributed by atoms with Crippen LogP contribution in [0.15, 0.2) is 12.4 Å². The lowest BCUT2D eigenvalue weighted by Gasteiger charge is -1.94. The second-order valence-corrected chi connectivity index (χ2v) is 1.93. The Hall–Kier alpha value is -0.450. The Morgan fingerprint density at radius 1 is 1.58 bits per heavy atom. The molecule has 0 aromatic carbocycles. The van der Waals surface area contributed by atoms with Crippen LogP contribution in [0.2, 0.25) is 0 Å². The van der Waals surface area contributed by atoms with Crippen molar-refractivity contribution in [2.75, 3.05) is 13.7 Å². The van der Waals surface area contributed by atoms with Crippen LogP contribution in [0.25, 0.3) is 0 Å². The van der Waals surface area contributed by atoms with Gasteiger partial charge in [-0.15, -0.1) is 24.8 Å². The van der Waals surface area contributed by atoms with Gasteiger partial charge < -0.3 is 10.5 Å². The molecule has 0 aliphatic rings. The average Bonchev–Trinajstić information content (AvgIpc) is 2.37. The van der Waals surface area contributed by atoms with E-state index in [1.165, 1.54) is 0 Å². The predicted octanol–water partition coefficient (Wildman–Crippen LogP) is 0.694. The van der Waals surface area contributed by atoms with E-state index in [0.29, 0.717) is 6.54 Å². The third kappa shape index (κ3) is 3.80. The van der Waals surface area contributed by atoms with E-state index >= 15 is 0 Å². The number of hydrogen-bond acceptors (Lipinski definition) is 3. The maximum Gasteiger partial charge on any atom is 0.156 e. The lowest BCUT2D eigenvalue weighted by Crippen LogP contribution is -2.09. The third-order valence-electron chi connectivity index (χ3n) is 1.20. The molecule has 0 unspecified atom stereocenters. The number of methoxy groups -OCH3 is 1. The molecule has 0 bridgehead atoms. The van der Waals surface area contributed by atoms with Gasteiger partial charge in [-0.2, -0.15) is 5.10 Å². The van der Waals surface area contributed by atoms with Crippen LogP contribution in [0.4, 0.5) is 0 Å². The number of halogens is 2. The first-order valence-corrected chi connectivity index (χ1v) is 3.13. The standard InChI is InChI=1S/C6H11N3O.2ClH/c1-10-6-4-8-9(5-6)3-2-7;;/h4-5H,2-3,7H2,1H3;2*1H. The minimum absolute atomic E-state index is 0. The highest BCUT2D eigenvalue weighted by atomic mass is 35.5. The van der Waals surface area contributed by atoms with E-state index in [0.717, 1.165) is 12.3 Å². The van der Waals surface area contributed by atoms with Gasteiger partial charge in [0.2, 0.25) is 0 Å². The predicted molar refractivity (Wildman–Crippen MR) is 52.3 cm³/mol. The molecule has 12 heavy (non-hydrogen) atoms. The molecule has 6 heteroatoms. The first-order chi connectivity index (χ1) is 4.86. The molecule has 0 spiro atoms. The quantitative estimate of drug-likeness (QED) is 0.805. The first kappa shape index (κ1) is 14.1. The topological polar surface area (TPSA) is 53.1 Å². The van der Waals surface area contributed by atoms with Crippen molar-refractivity contribution in [3.8, 4) is 5.75 Å². The smallest absolute Gasteiger partial charge is 0.156 e. The molecule has 1 rings (SSSR count). The van der Waals surface area contributed by atoms with Gasteiger partial charge in [-0.3, -0.25) is 4.68 Å². The van der Waals surface area contributed by atoms with Crippen molar-refractivity contribution in [1.82, 2.24) is 9.78 Å². The Kier molecular flexibility index (Phi) is 8.47. The summed E-state index contributed by atoms with van der Waals surface area (Å²) in [6, 6.07) is 0. The van der Waals surface area contributed by atoms with Crippen molar-refractivity contribution in [3.63, 3.8) is 0 Å². The number of rotatable bonds is 3. The van der Waals surface area contributed by atoms with Gasteiger partial charge in [-0.25, -0.2) is 0 Å². The first-order valence-electron chi connectivity index (χ1n) is 3.13. The fraction of sp³-hybridized carbons (Fsp3) is 0.500. The lowest BCUT2D eigenvalue weighted by molar-refractivity contribution is 0.414. The zero-order valence-corrected chi connectivity index (χ0v) is 8.40. The second-order valence-electron chi connectivity index (χ2n) is 1.93. The molecular formula is C6H13Cl2N3O. The normalized spacial score (nSPS) is 8.17. The van der Waals surface area contributed by atoms with Crippen LogP contribution in [0.5, 0.6) is 5.75 Å². The van der Waals surface area contributed by atoms with Crippen molar-refractivity contribution in [2.24, 2.45) is 5.73 Å². The molecule has 1 heterocycles. The fourth-order valence-corrected chi connectivity index (χ4v) is 0.705. The van der Waals surface area contributed by atoms with Crippen LogP contribution in [-0.4, -0.2) is 23.4 Å². The number of hydrogen-bond donors (Lipinski definition) is 1. The highest BCUT2D eigenvalue weighted by molar-refractivity contribution is 5.85. The number of nitrogens with two attached hydrogens (primary N) is 1. The summed E-state index contributed by atoms with van der Waals surface area (Å²) in [5, 5.41) is 3.99. The van der Waals surface area contributed by atoms with Gasteiger partial charge in [-0.05, 0) is 0 Å². The highest BCUT2D eigenvalue weighted by Gasteiger charge is 1.94. The minimum Gasteiger partial charge on any atom is -0.493 e. The molecule has 4 nitrogen and oxygen atoms in total. The number of ether oxygens (including phenoxy) is 1. The van der Waals surface area contributed by atoms with Gasteiger partial charge in [0.05, 0.1) is 26.0 Å². The van der Waals surface area contributed by atoms with Crippen molar-refractivity contribution in [3.05, 3.63) is 12.4 Å². The van der Waals surface area contributed by atoms with E-state index in [9.17, 15) is 0 Å². The highest BCUT2D eigenvalue weighted by Crippen LogP contribution is 2.05. The molecule has 0 fully saturated rings. The van der Waals surface area contributed by atoms with E-state index in [2.05, 4.69) is 5.10 Å². The summed E-state index contributed by atoms with van der Waals surface area (Å²) < 4.78 is 6.67. The van der Waals surface area contributed by atoms with Crippen LogP contribution in [0, 0.1) is 0 Å². The largest absolute Gasteiger partial charge is 0.493 e. The summed E-state index contributed by atoms with van der Waals surface area (Å²) in [5.74, 6) is 0.772. The van der Waals surface area contributed by atoms with E-state index in [1.807, 2.05) is 6.20 Å². The molecule has 0 atom stereocenters. The number of aromatic nitrogens is 2. The lowest BCUT2D eigenvalue weighted by atomic mass is 10.6. The summed E-state index contributed by atoms with van der Waals surface area (Å²) in [6.45, 7) is 1.34. The fourth-order valence-electron chi connectivity index (χ4n) is 0.705. The van der Waals surface area contributed by atoms with Crippen LogP contribution in [0.3, 0.4) is 0 Å². The Morgan fingerprint density at radius 3 is 2.67 bits per heavy atom. The van der Waals surface area contributed by atoms with Crippen molar-refractivity contribution in [1.29, 1.82) is 0 Å². The van der Waals surface area contributed by atoms with Crippen molar-refractivity contribution >= 4 is 24.8 Å². The van der Waals surface area contributed by atoms with Crippen molar-refractivity contribution < 1.29 is 4.74 Å². The van der Waals surface area contributed by atoms with E-state index in [1.54, 1.807) is 18.0 Å². The summed E-state index contributed by atoms with van der Waals surface area (Å²) >= 11 is 0. The Morgan fingerprint density at radius 2 is 2.25 bits per heavy atom. The number of nitrogens with zero attached hydrogens (tertiary/aromatic N) is 2. The molecule has 0 saturated heterocycles. The molecule has 1 aromatic rings. The van der Waals surface area contributed by atoms with E-state index in [4.69, 9.17) is 10.5 Å². The molecule has 0 amide bonds. The Balaban J connectivity index is 0. The average molecular weight is 214 g/mol. The van der Waals surface area contributed by atoms with Gasteiger partial charge in [0.15, 0.2) is 5.75 Å². The zero-order valence-electron chi connectivity index (χ0n) is 6.77. The van der Waals surface area contributed by atoms with Gasteiger partial charge >= 0.3 is 0 Å². The third-order valence-corrected chi connectivity index (χ3v) is 1.20. The van der Waals surface area contributed by atoms with Crippen LogP contribution in [0.1, 0.15) is 0 Å². The molecule has 0 aliphatic heterocycles. The van der Waals surface area contributed by atoms with Gasteiger partial charge in [0, 0.05) is 6.54 Å². The summed E-state index contributed by atoms with van der Waals surface area (Å²) in [5.41, 5.74) is 5.31. The van der Waals surface area contributed by atoms with Crippen LogP contribution >= 0.6 is 24.8 Å². The maximum absolute atomic E-state index is 5.31. The molecule has 0 aliphatic carbocycles. The maximum atomic E-state index is 5.31. The van der Waals surface area contributed by atoms with Crippen LogP contribution in [-0.2, 0) is 6.54 Å². The van der Waals surface area contributed by atoms with E-state index < -0.39 is 0 Å². The Labute approximate surface area is 83.9 Å². The zero-order chi connectivity index (χ0) is 7.40. The molecule has 0 saturated carbocycles. The molecule has 0 radical (unpaired) electrons. The van der Waals surface area contributed by atoms with Gasteiger partial charge in [0.1, 0.15) is 0 Å². The summed E-state index contributed by atoms with van der Waals surface area (Å²) in [7, 11) is 1.61. The SMILES string of the molecule is COc1cnn(CCN)c1.Cl.Cl. The van der Waals surface area contributed by atoms with Crippen LogP contribution < -0.4 is 10.5 Å². The second kappa shape index (κ2) is 7.21.